The topological polar surface area (TPSA) is 88.3 Å². The van der Waals surface area contributed by atoms with Crippen LogP contribution < -0.4 is 20.1 Å². The predicted octanol–water partition coefficient (Wildman–Crippen LogP) is 0.873. The van der Waals surface area contributed by atoms with Crippen LogP contribution in [0, 0.1) is 0 Å². The van der Waals surface area contributed by atoms with Gasteiger partial charge in [-0.1, -0.05) is 0 Å². The van der Waals surface area contributed by atoms with Gasteiger partial charge in [0.05, 0.1) is 13.7 Å². The minimum atomic E-state index is -0.176. The van der Waals surface area contributed by atoms with E-state index in [1.807, 2.05) is 24.3 Å². The molecule has 0 aliphatic carbocycles. The fourth-order valence-electron chi connectivity index (χ4n) is 2.50. The summed E-state index contributed by atoms with van der Waals surface area (Å²) in [7, 11) is 1.62. The average Bonchev–Trinajstić information content (AvgIpc) is 3.03. The van der Waals surface area contributed by atoms with Crippen molar-refractivity contribution in [1.29, 1.82) is 0 Å². The second-order valence-electron chi connectivity index (χ2n) is 5.24. The molecule has 0 fully saturated rings. The molecule has 23 heavy (non-hydrogen) atoms. The number of carbonyl (C=O) groups is 1. The lowest BCUT2D eigenvalue weighted by Gasteiger charge is -2.13. The normalized spacial score (nSPS) is 13.3. The van der Waals surface area contributed by atoms with Gasteiger partial charge < -0.3 is 20.1 Å². The zero-order valence-corrected chi connectivity index (χ0v) is 13.0. The SMILES string of the molecule is COc1ccc(OCCNC(=O)c2n[nH]c3c2CNCC3)cc1. The van der Waals surface area contributed by atoms with Gasteiger partial charge in [0.15, 0.2) is 5.69 Å². The molecule has 1 aromatic carbocycles. The molecule has 0 radical (unpaired) electrons. The molecule has 1 aliphatic rings. The molecule has 1 aromatic heterocycles. The van der Waals surface area contributed by atoms with E-state index >= 15 is 0 Å². The summed E-state index contributed by atoms with van der Waals surface area (Å²) in [4.78, 5) is 12.2. The molecule has 0 saturated heterocycles. The molecule has 2 aromatic rings. The van der Waals surface area contributed by atoms with Crippen molar-refractivity contribution in [2.45, 2.75) is 13.0 Å². The standard InChI is InChI=1S/C16H20N4O3/c1-22-11-2-4-12(5-3-11)23-9-8-18-16(21)15-13-10-17-7-6-14(13)19-20-15/h2-5,17H,6-10H2,1H3,(H,18,21)(H,19,20). The second-order valence-corrected chi connectivity index (χ2v) is 5.24. The summed E-state index contributed by atoms with van der Waals surface area (Å²) in [5.41, 5.74) is 2.48. The van der Waals surface area contributed by atoms with Crippen molar-refractivity contribution < 1.29 is 14.3 Å². The predicted molar refractivity (Wildman–Crippen MR) is 84.8 cm³/mol. The third-order valence-electron chi connectivity index (χ3n) is 3.74. The molecule has 3 N–H and O–H groups in total. The molecule has 0 spiro atoms. The Morgan fingerprint density at radius 3 is 2.87 bits per heavy atom. The molecular weight excluding hydrogens is 296 g/mol. The minimum absolute atomic E-state index is 0.176. The Balaban J connectivity index is 1.46. The summed E-state index contributed by atoms with van der Waals surface area (Å²) in [5, 5.41) is 13.1. The molecule has 122 valence electrons. The van der Waals surface area contributed by atoms with Gasteiger partial charge in [-0.15, -0.1) is 0 Å². The van der Waals surface area contributed by atoms with Crippen LogP contribution >= 0.6 is 0 Å². The smallest absolute Gasteiger partial charge is 0.272 e. The van der Waals surface area contributed by atoms with Crippen LogP contribution in [0.25, 0.3) is 0 Å². The van der Waals surface area contributed by atoms with Gasteiger partial charge in [-0.3, -0.25) is 9.89 Å². The number of aromatic amines is 1. The number of H-pyrrole nitrogens is 1. The second kappa shape index (κ2) is 7.15. The number of fused-ring (bicyclic) bond motifs is 1. The van der Waals surface area contributed by atoms with Crippen LogP contribution in [0.5, 0.6) is 11.5 Å². The number of aromatic nitrogens is 2. The van der Waals surface area contributed by atoms with Gasteiger partial charge >= 0.3 is 0 Å². The van der Waals surface area contributed by atoms with Crippen LogP contribution in [0.2, 0.25) is 0 Å². The van der Waals surface area contributed by atoms with Crippen molar-refractivity contribution in [3.8, 4) is 11.5 Å². The number of methoxy groups -OCH3 is 1. The number of benzene rings is 1. The van der Waals surface area contributed by atoms with Crippen LogP contribution in [0.4, 0.5) is 0 Å². The Morgan fingerprint density at radius 1 is 1.30 bits per heavy atom. The summed E-state index contributed by atoms with van der Waals surface area (Å²) in [6.07, 6.45) is 0.871. The van der Waals surface area contributed by atoms with Gasteiger partial charge in [-0.25, -0.2) is 0 Å². The van der Waals surface area contributed by atoms with Gasteiger partial charge in [0.2, 0.25) is 0 Å². The first-order chi connectivity index (χ1) is 11.3. The van der Waals surface area contributed by atoms with Crippen LogP contribution in [0.3, 0.4) is 0 Å². The molecule has 7 heteroatoms. The maximum atomic E-state index is 12.2. The zero-order chi connectivity index (χ0) is 16.1. The molecule has 0 atom stereocenters. The number of hydrogen-bond donors (Lipinski definition) is 3. The molecular formula is C16H20N4O3. The first-order valence-electron chi connectivity index (χ1n) is 7.60. The van der Waals surface area contributed by atoms with E-state index in [9.17, 15) is 4.79 Å². The first-order valence-corrected chi connectivity index (χ1v) is 7.60. The first kappa shape index (κ1) is 15.4. The molecule has 3 rings (SSSR count). The Kier molecular flexibility index (Phi) is 4.77. The summed E-state index contributed by atoms with van der Waals surface area (Å²) < 4.78 is 10.7. The molecule has 0 unspecified atom stereocenters. The highest BCUT2D eigenvalue weighted by atomic mass is 16.5. The maximum absolute atomic E-state index is 12.2. The fourth-order valence-corrected chi connectivity index (χ4v) is 2.50. The van der Waals surface area contributed by atoms with E-state index < -0.39 is 0 Å². The number of amides is 1. The van der Waals surface area contributed by atoms with E-state index in [1.54, 1.807) is 7.11 Å². The molecule has 0 bridgehead atoms. The number of nitrogens with one attached hydrogen (secondary N) is 3. The Hall–Kier alpha value is -2.54. The molecule has 7 nitrogen and oxygen atoms in total. The number of carbonyl (C=O) groups excluding carboxylic acids is 1. The van der Waals surface area contributed by atoms with Crippen LogP contribution in [-0.4, -0.2) is 42.9 Å². The third-order valence-corrected chi connectivity index (χ3v) is 3.74. The van der Waals surface area contributed by atoms with Gasteiger partial charge in [0, 0.05) is 30.8 Å². The molecule has 0 saturated carbocycles. The number of hydrogen-bond acceptors (Lipinski definition) is 5. The highest BCUT2D eigenvalue weighted by Gasteiger charge is 2.21. The zero-order valence-electron chi connectivity index (χ0n) is 13.0. The van der Waals surface area contributed by atoms with E-state index in [-0.39, 0.29) is 5.91 Å². The van der Waals surface area contributed by atoms with Crippen LogP contribution in [-0.2, 0) is 13.0 Å². The van der Waals surface area contributed by atoms with E-state index in [4.69, 9.17) is 9.47 Å². The van der Waals surface area contributed by atoms with Gasteiger partial charge in [0.25, 0.3) is 5.91 Å². The van der Waals surface area contributed by atoms with Crippen molar-refractivity contribution in [3.05, 3.63) is 41.2 Å². The lowest BCUT2D eigenvalue weighted by molar-refractivity contribution is 0.0941. The molecule has 1 aliphatic heterocycles. The van der Waals surface area contributed by atoms with Crippen molar-refractivity contribution in [2.75, 3.05) is 26.8 Å². The lowest BCUT2D eigenvalue weighted by atomic mass is 10.1. The Morgan fingerprint density at radius 2 is 2.09 bits per heavy atom. The third kappa shape index (κ3) is 3.62. The van der Waals surface area contributed by atoms with E-state index in [0.29, 0.717) is 25.4 Å². The fraction of sp³-hybridized carbons (Fsp3) is 0.375. The van der Waals surface area contributed by atoms with Crippen LogP contribution in [0.1, 0.15) is 21.7 Å². The van der Waals surface area contributed by atoms with E-state index in [1.165, 1.54) is 0 Å². The quantitative estimate of drug-likeness (QED) is 0.688. The largest absolute Gasteiger partial charge is 0.497 e. The summed E-state index contributed by atoms with van der Waals surface area (Å²) in [6.45, 7) is 2.39. The average molecular weight is 316 g/mol. The minimum Gasteiger partial charge on any atom is -0.497 e. The highest BCUT2D eigenvalue weighted by Crippen LogP contribution is 2.17. The molecule has 1 amide bonds. The maximum Gasteiger partial charge on any atom is 0.272 e. The Bertz CT molecular complexity index is 666. The van der Waals surface area contributed by atoms with Crippen molar-refractivity contribution >= 4 is 5.91 Å². The number of rotatable bonds is 6. The summed E-state index contributed by atoms with van der Waals surface area (Å²) >= 11 is 0. The van der Waals surface area contributed by atoms with Crippen molar-refractivity contribution in [2.24, 2.45) is 0 Å². The monoisotopic (exact) mass is 316 g/mol. The van der Waals surface area contributed by atoms with Crippen molar-refractivity contribution in [1.82, 2.24) is 20.8 Å². The summed E-state index contributed by atoms with van der Waals surface area (Å²) in [5.74, 6) is 1.34. The van der Waals surface area contributed by atoms with Gasteiger partial charge in [0.1, 0.15) is 18.1 Å². The number of nitrogens with zero attached hydrogens (tertiary/aromatic N) is 1. The van der Waals surface area contributed by atoms with Crippen molar-refractivity contribution in [3.63, 3.8) is 0 Å². The van der Waals surface area contributed by atoms with Crippen LogP contribution in [0.15, 0.2) is 24.3 Å². The van der Waals surface area contributed by atoms with Gasteiger partial charge in [-0.05, 0) is 24.3 Å². The highest BCUT2D eigenvalue weighted by molar-refractivity contribution is 5.94. The number of ether oxygens (including phenoxy) is 2. The van der Waals surface area contributed by atoms with Gasteiger partial charge in [-0.2, -0.15) is 5.10 Å². The summed E-state index contributed by atoms with van der Waals surface area (Å²) in [6, 6.07) is 7.32. The van der Waals surface area contributed by atoms with E-state index in [2.05, 4.69) is 20.8 Å². The van der Waals surface area contributed by atoms with E-state index in [0.717, 1.165) is 35.7 Å². The lowest BCUT2D eigenvalue weighted by Crippen LogP contribution is -2.31. The Labute approximate surface area is 134 Å². The molecule has 2 heterocycles.